The molecule has 3 aromatic rings. The molecular weight excluding hydrogens is 578 g/mol. The molecule has 0 radical (unpaired) electrons. The number of rotatable bonds is 14. The molecule has 236 valence electrons. The van der Waals surface area contributed by atoms with Gasteiger partial charge in [0.2, 0.25) is 21.8 Å². The molecular formula is C34H43N3O6S. The van der Waals surface area contributed by atoms with Gasteiger partial charge in [-0.15, -0.1) is 0 Å². The number of anilines is 1. The Balaban J connectivity index is 1.59. The number of carbonyl (C=O) groups is 2. The predicted octanol–water partition coefficient (Wildman–Crippen LogP) is 4.87. The Morgan fingerprint density at radius 2 is 1.64 bits per heavy atom. The summed E-state index contributed by atoms with van der Waals surface area (Å²) in [7, 11) is -3.66. The van der Waals surface area contributed by atoms with Crippen molar-refractivity contribution in [1.29, 1.82) is 0 Å². The van der Waals surface area contributed by atoms with Crippen LogP contribution in [0.5, 0.6) is 11.5 Å². The van der Waals surface area contributed by atoms with Crippen LogP contribution in [0.2, 0.25) is 0 Å². The zero-order valence-corrected chi connectivity index (χ0v) is 26.8. The number of nitrogens with zero attached hydrogens (tertiary/aromatic N) is 2. The average molecular weight is 622 g/mol. The van der Waals surface area contributed by atoms with E-state index >= 15 is 0 Å². The highest BCUT2D eigenvalue weighted by Gasteiger charge is 2.31. The molecule has 3 aromatic carbocycles. The number of carbonyl (C=O) groups excluding carboxylic acids is 2. The first kappa shape index (κ1) is 32.9. The van der Waals surface area contributed by atoms with Crippen LogP contribution < -0.4 is 19.1 Å². The number of ether oxygens (including phenoxy) is 2. The lowest BCUT2D eigenvalue weighted by molar-refractivity contribution is -0.141. The van der Waals surface area contributed by atoms with E-state index in [2.05, 4.69) is 5.32 Å². The number of aryl methyl sites for hydroxylation is 1. The molecule has 1 aliphatic rings. The molecule has 0 saturated carbocycles. The molecule has 1 N–H and O–H groups in total. The van der Waals surface area contributed by atoms with Gasteiger partial charge in [0.05, 0.1) is 11.9 Å². The van der Waals surface area contributed by atoms with Gasteiger partial charge in [-0.2, -0.15) is 0 Å². The van der Waals surface area contributed by atoms with Crippen molar-refractivity contribution in [3.05, 3.63) is 89.5 Å². The fourth-order valence-electron chi connectivity index (χ4n) is 5.16. The van der Waals surface area contributed by atoms with Gasteiger partial charge >= 0.3 is 0 Å². The SMILES string of the molecule is CCC(C)NC(=O)C(Cc1ccccc1)N(Cc1ccccc1C)C(=O)CCCN(c1ccc2c(c1)OCCO2)S(C)(=O)=O. The molecule has 1 heterocycles. The van der Waals surface area contributed by atoms with Crippen LogP contribution in [0.25, 0.3) is 0 Å². The quantitative estimate of drug-likeness (QED) is 0.276. The first-order chi connectivity index (χ1) is 21.1. The molecule has 9 nitrogen and oxygen atoms in total. The van der Waals surface area contributed by atoms with Gasteiger partial charge in [-0.05, 0) is 55.5 Å². The molecule has 10 heteroatoms. The maximum atomic E-state index is 14.1. The number of nitrogens with one attached hydrogen (secondary N) is 1. The summed E-state index contributed by atoms with van der Waals surface area (Å²) in [5.74, 6) is 0.623. The molecule has 2 amide bonds. The highest BCUT2D eigenvalue weighted by atomic mass is 32.2. The van der Waals surface area contributed by atoms with E-state index in [9.17, 15) is 18.0 Å². The maximum absolute atomic E-state index is 14.1. The van der Waals surface area contributed by atoms with E-state index in [1.54, 1.807) is 23.1 Å². The normalized spacial score (nSPS) is 13.9. The fourth-order valence-corrected chi connectivity index (χ4v) is 6.11. The summed E-state index contributed by atoms with van der Waals surface area (Å²) in [5, 5.41) is 3.08. The van der Waals surface area contributed by atoms with E-state index in [0.717, 1.165) is 29.4 Å². The van der Waals surface area contributed by atoms with Crippen LogP contribution in [-0.2, 0) is 32.6 Å². The Morgan fingerprint density at radius 1 is 0.955 bits per heavy atom. The highest BCUT2D eigenvalue weighted by Crippen LogP contribution is 2.35. The molecule has 0 aliphatic carbocycles. The van der Waals surface area contributed by atoms with Gasteiger partial charge in [-0.3, -0.25) is 13.9 Å². The topological polar surface area (TPSA) is 105 Å². The molecule has 0 saturated heterocycles. The lowest BCUT2D eigenvalue weighted by atomic mass is 10.0. The third-order valence-electron chi connectivity index (χ3n) is 7.84. The monoisotopic (exact) mass is 621 g/mol. The summed E-state index contributed by atoms with van der Waals surface area (Å²) in [6, 6.07) is 21.7. The smallest absolute Gasteiger partial charge is 0.243 e. The van der Waals surface area contributed by atoms with Crippen LogP contribution in [0.4, 0.5) is 5.69 Å². The Labute approximate surface area is 261 Å². The summed E-state index contributed by atoms with van der Waals surface area (Å²) in [6.45, 7) is 7.10. The van der Waals surface area contributed by atoms with Crippen molar-refractivity contribution in [3.8, 4) is 11.5 Å². The summed E-state index contributed by atoms with van der Waals surface area (Å²) in [6.07, 6.45) is 2.58. The van der Waals surface area contributed by atoms with E-state index in [4.69, 9.17) is 9.47 Å². The Bertz CT molecular complexity index is 1530. The Morgan fingerprint density at radius 3 is 2.32 bits per heavy atom. The predicted molar refractivity (Wildman–Crippen MR) is 172 cm³/mol. The lowest BCUT2D eigenvalue weighted by Gasteiger charge is -2.33. The van der Waals surface area contributed by atoms with Crippen molar-refractivity contribution in [2.24, 2.45) is 0 Å². The molecule has 0 bridgehead atoms. The Hall–Kier alpha value is -4.05. The maximum Gasteiger partial charge on any atom is 0.243 e. The van der Waals surface area contributed by atoms with Gasteiger partial charge in [0.25, 0.3) is 0 Å². The van der Waals surface area contributed by atoms with E-state index in [-0.39, 0.29) is 43.8 Å². The van der Waals surface area contributed by atoms with Gasteiger partial charge in [-0.1, -0.05) is 61.5 Å². The molecule has 2 atom stereocenters. The van der Waals surface area contributed by atoms with Crippen molar-refractivity contribution in [2.45, 2.75) is 65.1 Å². The molecule has 0 spiro atoms. The molecule has 0 fully saturated rings. The summed E-state index contributed by atoms with van der Waals surface area (Å²) >= 11 is 0. The molecule has 0 aromatic heterocycles. The van der Waals surface area contributed by atoms with Crippen molar-refractivity contribution in [3.63, 3.8) is 0 Å². The van der Waals surface area contributed by atoms with Crippen LogP contribution >= 0.6 is 0 Å². The van der Waals surface area contributed by atoms with Crippen LogP contribution in [0.1, 0.15) is 49.8 Å². The van der Waals surface area contributed by atoms with E-state index in [1.807, 2.05) is 75.4 Å². The highest BCUT2D eigenvalue weighted by molar-refractivity contribution is 7.92. The standard InChI is InChI=1S/C34H43N3O6S/c1-5-26(3)35-34(39)30(22-27-13-7-6-8-14-27)36(24-28-15-10-9-12-25(28)2)33(38)16-11-19-37(44(4,40)41)29-17-18-31-32(23-29)43-21-20-42-31/h6-10,12-15,17-18,23,26,30H,5,11,16,19-22,24H2,1-4H3,(H,35,39). The van der Waals surface area contributed by atoms with E-state index in [0.29, 0.717) is 36.8 Å². The number of benzene rings is 3. The van der Waals surface area contributed by atoms with Crippen LogP contribution in [0.3, 0.4) is 0 Å². The molecule has 44 heavy (non-hydrogen) atoms. The second-order valence-corrected chi connectivity index (χ2v) is 13.1. The largest absolute Gasteiger partial charge is 0.486 e. The number of hydrogen-bond donors (Lipinski definition) is 1. The second-order valence-electron chi connectivity index (χ2n) is 11.2. The first-order valence-electron chi connectivity index (χ1n) is 15.1. The van der Waals surface area contributed by atoms with Crippen molar-refractivity contribution in [2.75, 3.05) is 30.3 Å². The molecule has 4 rings (SSSR count). The fraction of sp³-hybridized carbons (Fsp3) is 0.412. The van der Waals surface area contributed by atoms with Gasteiger partial charge in [-0.25, -0.2) is 8.42 Å². The van der Waals surface area contributed by atoms with E-state index < -0.39 is 16.1 Å². The summed E-state index contributed by atoms with van der Waals surface area (Å²) < 4.78 is 38.2. The van der Waals surface area contributed by atoms with Crippen LogP contribution in [-0.4, -0.2) is 63.2 Å². The number of fused-ring (bicyclic) bond motifs is 1. The average Bonchev–Trinajstić information content (AvgIpc) is 3.01. The second kappa shape index (κ2) is 15.1. The first-order valence-corrected chi connectivity index (χ1v) is 17.0. The summed E-state index contributed by atoms with van der Waals surface area (Å²) in [4.78, 5) is 29.4. The van der Waals surface area contributed by atoms with Gasteiger partial charge in [0, 0.05) is 38.0 Å². The van der Waals surface area contributed by atoms with Gasteiger partial charge in [0.1, 0.15) is 19.3 Å². The van der Waals surface area contributed by atoms with Crippen LogP contribution in [0.15, 0.2) is 72.8 Å². The minimum atomic E-state index is -3.66. The molecule has 1 aliphatic heterocycles. The van der Waals surface area contributed by atoms with Gasteiger partial charge < -0.3 is 19.7 Å². The third kappa shape index (κ3) is 8.75. The van der Waals surface area contributed by atoms with Gasteiger partial charge in [0.15, 0.2) is 11.5 Å². The van der Waals surface area contributed by atoms with Crippen molar-refractivity contribution >= 4 is 27.5 Å². The van der Waals surface area contributed by atoms with Crippen molar-refractivity contribution < 1.29 is 27.5 Å². The summed E-state index contributed by atoms with van der Waals surface area (Å²) in [5.41, 5.74) is 3.36. The minimum Gasteiger partial charge on any atom is -0.486 e. The number of sulfonamides is 1. The zero-order chi connectivity index (χ0) is 31.7. The third-order valence-corrected chi connectivity index (χ3v) is 9.03. The Kier molecular flexibility index (Phi) is 11.3. The zero-order valence-electron chi connectivity index (χ0n) is 26.0. The van der Waals surface area contributed by atoms with Crippen molar-refractivity contribution in [1.82, 2.24) is 10.2 Å². The minimum absolute atomic E-state index is 0.0505. The lowest BCUT2D eigenvalue weighted by Crippen LogP contribution is -2.52. The van der Waals surface area contributed by atoms with E-state index in [1.165, 1.54) is 4.31 Å². The molecule has 2 unspecified atom stereocenters. The number of hydrogen-bond acceptors (Lipinski definition) is 6. The number of amides is 2. The van der Waals surface area contributed by atoms with Crippen LogP contribution in [0, 0.1) is 6.92 Å².